The van der Waals surface area contributed by atoms with E-state index in [1.807, 2.05) is 12.3 Å². The van der Waals surface area contributed by atoms with Gasteiger partial charge in [0, 0.05) is 37.3 Å². The molecule has 5 rings (SSSR count). The maximum atomic E-state index is 13.3. The van der Waals surface area contributed by atoms with Crippen molar-refractivity contribution in [2.45, 2.75) is 31.2 Å². The van der Waals surface area contributed by atoms with E-state index in [2.05, 4.69) is 21.1 Å². The molecule has 0 saturated carbocycles. The molecule has 2 amide bonds. The predicted molar refractivity (Wildman–Crippen MR) is 119 cm³/mol. The summed E-state index contributed by atoms with van der Waals surface area (Å²) in [6.07, 6.45) is 5.59. The molecule has 3 aromatic rings. The van der Waals surface area contributed by atoms with Crippen LogP contribution in [0.25, 0.3) is 11.0 Å². The molecule has 164 valence electrons. The van der Waals surface area contributed by atoms with Gasteiger partial charge in [0.1, 0.15) is 23.2 Å². The largest absolute Gasteiger partial charge is 0.368 e. The zero-order chi connectivity index (χ0) is 22.2. The van der Waals surface area contributed by atoms with Crippen molar-refractivity contribution in [3.8, 4) is 0 Å². The van der Waals surface area contributed by atoms with Gasteiger partial charge in [-0.25, -0.2) is 9.37 Å². The summed E-state index contributed by atoms with van der Waals surface area (Å²) in [7, 11) is 0. The van der Waals surface area contributed by atoms with Gasteiger partial charge < -0.3 is 15.6 Å². The quantitative estimate of drug-likeness (QED) is 0.658. The number of pyridine rings is 1. The molecule has 0 aliphatic carbocycles. The standard InChI is InChI=1S/C23H23FN6O2/c24-15-3-5-16(6-4-15)30-20(21(25)31)12-19(28-30)23(32)29-10-7-14(8-11-29)18-13-27-22-17(18)2-1-9-26-22/h1-6,9,13-14,20H,7-8,10-12H2,(H2,25,31)(H,26,27). The van der Waals surface area contributed by atoms with Crippen LogP contribution in [0.1, 0.15) is 30.7 Å². The number of likely N-dealkylation sites (tertiary alicyclic amines) is 1. The fourth-order valence-electron chi connectivity index (χ4n) is 4.58. The molecule has 4 heterocycles. The van der Waals surface area contributed by atoms with E-state index < -0.39 is 17.8 Å². The van der Waals surface area contributed by atoms with Crippen LogP contribution < -0.4 is 10.7 Å². The number of halogens is 1. The molecular weight excluding hydrogens is 411 g/mol. The number of aromatic nitrogens is 2. The highest BCUT2D eigenvalue weighted by molar-refractivity contribution is 6.40. The molecule has 1 fully saturated rings. The number of anilines is 1. The number of nitrogens with two attached hydrogens (primary N) is 1. The van der Waals surface area contributed by atoms with Crippen LogP contribution >= 0.6 is 0 Å². The first kappa shape index (κ1) is 20.2. The lowest BCUT2D eigenvalue weighted by atomic mass is 9.89. The Morgan fingerprint density at radius 3 is 2.59 bits per heavy atom. The number of primary amides is 1. The lowest BCUT2D eigenvalue weighted by Gasteiger charge is -2.31. The first-order chi connectivity index (χ1) is 15.5. The first-order valence-electron chi connectivity index (χ1n) is 10.6. The number of amides is 2. The number of hydrogen-bond acceptors (Lipinski definition) is 5. The fraction of sp³-hybridized carbons (Fsp3) is 0.304. The summed E-state index contributed by atoms with van der Waals surface area (Å²) in [5, 5.41) is 6.94. The number of piperidine rings is 1. The normalized spacial score (nSPS) is 19.4. The van der Waals surface area contributed by atoms with Gasteiger partial charge in [-0.2, -0.15) is 5.10 Å². The van der Waals surface area contributed by atoms with Crippen molar-refractivity contribution in [3.63, 3.8) is 0 Å². The molecule has 1 aromatic carbocycles. The Morgan fingerprint density at radius 1 is 1.12 bits per heavy atom. The molecule has 2 aromatic heterocycles. The Kier molecular flexibility index (Phi) is 5.08. The molecule has 1 saturated heterocycles. The third kappa shape index (κ3) is 3.59. The average molecular weight is 434 g/mol. The Bertz CT molecular complexity index is 1200. The molecule has 1 unspecified atom stereocenters. The molecule has 2 aliphatic heterocycles. The van der Waals surface area contributed by atoms with Crippen molar-refractivity contribution in [2.24, 2.45) is 10.8 Å². The first-order valence-corrected chi connectivity index (χ1v) is 10.6. The van der Waals surface area contributed by atoms with Crippen LogP contribution in [0.2, 0.25) is 0 Å². The monoisotopic (exact) mass is 434 g/mol. The van der Waals surface area contributed by atoms with Crippen molar-refractivity contribution in [3.05, 3.63) is 60.2 Å². The number of fused-ring (bicyclic) bond motifs is 1. The molecule has 0 radical (unpaired) electrons. The molecule has 0 bridgehead atoms. The summed E-state index contributed by atoms with van der Waals surface area (Å²) in [5.74, 6) is -0.804. The van der Waals surface area contributed by atoms with E-state index in [1.165, 1.54) is 34.8 Å². The molecule has 0 spiro atoms. The van der Waals surface area contributed by atoms with Gasteiger partial charge in [-0.15, -0.1) is 0 Å². The van der Waals surface area contributed by atoms with Crippen molar-refractivity contribution in [1.29, 1.82) is 0 Å². The lowest BCUT2D eigenvalue weighted by Crippen LogP contribution is -2.42. The van der Waals surface area contributed by atoms with E-state index in [0.717, 1.165) is 23.9 Å². The number of benzene rings is 1. The van der Waals surface area contributed by atoms with Gasteiger partial charge in [-0.05, 0) is 60.7 Å². The fourth-order valence-corrected chi connectivity index (χ4v) is 4.58. The summed E-state index contributed by atoms with van der Waals surface area (Å²) in [5.41, 5.74) is 8.48. The topological polar surface area (TPSA) is 108 Å². The SMILES string of the molecule is NC(=O)C1CC(C(=O)N2CCC(c3c[nH]c4ncccc34)CC2)=NN1c1ccc(F)cc1. The highest BCUT2D eigenvalue weighted by atomic mass is 19.1. The Morgan fingerprint density at radius 2 is 1.88 bits per heavy atom. The zero-order valence-corrected chi connectivity index (χ0v) is 17.4. The summed E-state index contributed by atoms with van der Waals surface area (Å²) < 4.78 is 13.3. The minimum Gasteiger partial charge on any atom is -0.368 e. The second-order valence-electron chi connectivity index (χ2n) is 8.20. The molecule has 9 heteroatoms. The number of hydrogen-bond donors (Lipinski definition) is 2. The number of H-pyrrole nitrogens is 1. The van der Waals surface area contributed by atoms with E-state index in [-0.39, 0.29) is 12.3 Å². The Labute approximate surface area is 183 Å². The molecular formula is C23H23FN6O2. The molecule has 2 aliphatic rings. The zero-order valence-electron chi connectivity index (χ0n) is 17.4. The number of hydrazone groups is 1. The van der Waals surface area contributed by atoms with Crippen molar-refractivity contribution in [2.75, 3.05) is 18.1 Å². The Hall–Kier alpha value is -3.75. The van der Waals surface area contributed by atoms with Gasteiger partial charge in [0.15, 0.2) is 0 Å². The third-order valence-corrected chi connectivity index (χ3v) is 6.28. The minimum absolute atomic E-state index is 0.138. The van der Waals surface area contributed by atoms with Crippen molar-refractivity contribution in [1.82, 2.24) is 14.9 Å². The second kappa shape index (κ2) is 8.07. The summed E-state index contributed by atoms with van der Waals surface area (Å²) in [6, 6.07) is 8.83. The van der Waals surface area contributed by atoms with Gasteiger partial charge in [0.05, 0.1) is 5.69 Å². The van der Waals surface area contributed by atoms with Crippen LogP contribution in [0.5, 0.6) is 0 Å². The highest BCUT2D eigenvalue weighted by Gasteiger charge is 2.37. The maximum Gasteiger partial charge on any atom is 0.270 e. The predicted octanol–water partition coefficient (Wildman–Crippen LogP) is 2.53. The van der Waals surface area contributed by atoms with Gasteiger partial charge in [0.2, 0.25) is 5.91 Å². The van der Waals surface area contributed by atoms with E-state index in [1.54, 1.807) is 11.1 Å². The van der Waals surface area contributed by atoms with E-state index in [0.29, 0.717) is 30.4 Å². The number of rotatable bonds is 4. The van der Waals surface area contributed by atoms with Gasteiger partial charge >= 0.3 is 0 Å². The molecule has 8 nitrogen and oxygen atoms in total. The number of nitrogens with one attached hydrogen (secondary N) is 1. The van der Waals surface area contributed by atoms with Gasteiger partial charge in [-0.3, -0.25) is 14.6 Å². The second-order valence-corrected chi connectivity index (χ2v) is 8.20. The van der Waals surface area contributed by atoms with Crippen LogP contribution in [0.15, 0.2) is 53.9 Å². The van der Waals surface area contributed by atoms with Gasteiger partial charge in [0.25, 0.3) is 5.91 Å². The van der Waals surface area contributed by atoms with Crippen LogP contribution in [-0.2, 0) is 9.59 Å². The average Bonchev–Trinajstić information content (AvgIpc) is 3.44. The summed E-state index contributed by atoms with van der Waals surface area (Å²) in [4.78, 5) is 34.5. The maximum absolute atomic E-state index is 13.3. The van der Waals surface area contributed by atoms with Crippen LogP contribution in [0.3, 0.4) is 0 Å². The third-order valence-electron chi connectivity index (χ3n) is 6.28. The van der Waals surface area contributed by atoms with Crippen molar-refractivity contribution < 1.29 is 14.0 Å². The van der Waals surface area contributed by atoms with E-state index in [4.69, 9.17) is 5.73 Å². The van der Waals surface area contributed by atoms with Gasteiger partial charge in [-0.1, -0.05) is 0 Å². The smallest absolute Gasteiger partial charge is 0.270 e. The van der Waals surface area contributed by atoms with Crippen LogP contribution in [-0.4, -0.2) is 51.5 Å². The summed E-state index contributed by atoms with van der Waals surface area (Å²) in [6.45, 7) is 1.21. The number of nitrogens with zero attached hydrogens (tertiary/aromatic N) is 4. The number of carbonyl (C=O) groups excluding carboxylic acids is 2. The molecule has 3 N–H and O–H groups in total. The van der Waals surface area contributed by atoms with Crippen LogP contribution in [0.4, 0.5) is 10.1 Å². The minimum atomic E-state index is -0.768. The van der Waals surface area contributed by atoms with E-state index >= 15 is 0 Å². The van der Waals surface area contributed by atoms with E-state index in [9.17, 15) is 14.0 Å². The lowest BCUT2D eigenvalue weighted by molar-refractivity contribution is -0.125. The number of carbonyl (C=O) groups is 2. The Balaban J connectivity index is 1.30. The number of aromatic amines is 1. The van der Waals surface area contributed by atoms with Crippen LogP contribution in [0, 0.1) is 5.82 Å². The molecule has 32 heavy (non-hydrogen) atoms. The summed E-state index contributed by atoms with van der Waals surface area (Å²) >= 11 is 0. The van der Waals surface area contributed by atoms with Crippen molar-refractivity contribution >= 4 is 34.2 Å². The highest BCUT2D eigenvalue weighted by Crippen LogP contribution is 2.33. The molecule has 1 atom stereocenters.